The molecule has 0 atom stereocenters. The zero-order chi connectivity index (χ0) is 18.6. The fraction of sp³-hybridized carbons (Fsp3) is 0.476. The number of aromatic nitrogens is 2. The van der Waals surface area contributed by atoms with Crippen LogP contribution in [0.3, 0.4) is 0 Å². The van der Waals surface area contributed by atoms with E-state index in [4.69, 9.17) is 0 Å². The van der Waals surface area contributed by atoms with E-state index in [1.807, 2.05) is 23.1 Å². The molecule has 5 heteroatoms. The molecule has 0 unspecified atom stereocenters. The number of hydrogen-bond donors (Lipinski definition) is 1. The summed E-state index contributed by atoms with van der Waals surface area (Å²) in [6.45, 7) is 8.23. The lowest BCUT2D eigenvalue weighted by Gasteiger charge is -2.19. The quantitative estimate of drug-likeness (QED) is 0.881. The van der Waals surface area contributed by atoms with Gasteiger partial charge in [0.05, 0.1) is 0 Å². The molecule has 1 saturated heterocycles. The number of likely N-dealkylation sites (tertiary alicyclic amines) is 1. The van der Waals surface area contributed by atoms with E-state index in [1.54, 1.807) is 6.07 Å². The molecule has 26 heavy (non-hydrogen) atoms. The molecule has 1 aliphatic heterocycles. The Balaban J connectivity index is 1.65. The average Bonchev–Trinajstić information content (AvgIpc) is 2.91. The highest BCUT2D eigenvalue weighted by molar-refractivity contribution is 5.92. The summed E-state index contributed by atoms with van der Waals surface area (Å²) in [6.07, 6.45) is 4.55. The van der Waals surface area contributed by atoms with E-state index in [0.29, 0.717) is 11.5 Å². The van der Waals surface area contributed by atoms with Gasteiger partial charge in [0.2, 0.25) is 0 Å². The van der Waals surface area contributed by atoms with E-state index >= 15 is 0 Å². The summed E-state index contributed by atoms with van der Waals surface area (Å²) in [5.74, 6) is 0.626. The lowest BCUT2D eigenvalue weighted by Crippen LogP contribution is -2.32. The lowest BCUT2D eigenvalue weighted by molar-refractivity contribution is 0.0754. The van der Waals surface area contributed by atoms with E-state index in [2.05, 4.69) is 48.4 Å². The van der Waals surface area contributed by atoms with Crippen LogP contribution in [-0.4, -0.2) is 34.1 Å². The van der Waals surface area contributed by atoms with E-state index in [-0.39, 0.29) is 11.3 Å². The molecule has 1 aromatic carbocycles. The van der Waals surface area contributed by atoms with Crippen LogP contribution in [0.1, 0.15) is 62.5 Å². The second-order valence-electron chi connectivity index (χ2n) is 7.96. The highest BCUT2D eigenvalue weighted by Crippen LogP contribution is 2.24. The molecule has 0 saturated carbocycles. The Morgan fingerprint density at radius 3 is 2.12 bits per heavy atom. The van der Waals surface area contributed by atoms with Crippen LogP contribution in [-0.2, 0) is 5.41 Å². The first kappa shape index (κ1) is 18.4. The van der Waals surface area contributed by atoms with Gasteiger partial charge in [0.15, 0.2) is 11.5 Å². The van der Waals surface area contributed by atoms with Crippen LogP contribution in [0.25, 0.3) is 0 Å². The van der Waals surface area contributed by atoms with E-state index in [1.165, 1.54) is 18.4 Å². The number of anilines is 2. The van der Waals surface area contributed by atoms with Gasteiger partial charge in [-0.3, -0.25) is 4.79 Å². The smallest absolute Gasteiger partial charge is 0.274 e. The van der Waals surface area contributed by atoms with Gasteiger partial charge >= 0.3 is 0 Å². The molecular weight excluding hydrogens is 324 g/mol. The van der Waals surface area contributed by atoms with Crippen LogP contribution in [0.5, 0.6) is 0 Å². The maximum absolute atomic E-state index is 12.6. The fourth-order valence-corrected chi connectivity index (χ4v) is 3.15. The van der Waals surface area contributed by atoms with E-state index in [0.717, 1.165) is 31.6 Å². The van der Waals surface area contributed by atoms with Gasteiger partial charge in [-0.05, 0) is 48.1 Å². The molecule has 1 N–H and O–H groups in total. The van der Waals surface area contributed by atoms with Crippen LogP contribution in [0.15, 0.2) is 36.4 Å². The van der Waals surface area contributed by atoms with Gasteiger partial charge in [0, 0.05) is 18.8 Å². The summed E-state index contributed by atoms with van der Waals surface area (Å²) in [6, 6.07) is 11.9. The summed E-state index contributed by atoms with van der Waals surface area (Å²) in [7, 11) is 0. The Morgan fingerprint density at radius 1 is 0.923 bits per heavy atom. The Labute approximate surface area is 155 Å². The number of nitrogens with one attached hydrogen (secondary N) is 1. The van der Waals surface area contributed by atoms with Crippen molar-refractivity contribution in [1.29, 1.82) is 0 Å². The van der Waals surface area contributed by atoms with E-state index in [9.17, 15) is 4.79 Å². The van der Waals surface area contributed by atoms with Gasteiger partial charge in [-0.25, -0.2) is 0 Å². The number of amides is 1. The summed E-state index contributed by atoms with van der Waals surface area (Å²) in [5, 5.41) is 11.5. The first-order valence-corrected chi connectivity index (χ1v) is 9.44. The third kappa shape index (κ3) is 4.59. The van der Waals surface area contributed by atoms with E-state index < -0.39 is 0 Å². The van der Waals surface area contributed by atoms with Gasteiger partial charge in [-0.15, -0.1) is 10.2 Å². The molecule has 0 bridgehead atoms. The topological polar surface area (TPSA) is 58.1 Å². The number of carbonyl (C=O) groups is 1. The molecule has 1 amide bonds. The molecule has 0 spiro atoms. The summed E-state index contributed by atoms with van der Waals surface area (Å²) >= 11 is 0. The van der Waals surface area contributed by atoms with Crippen LogP contribution in [0, 0.1) is 0 Å². The lowest BCUT2D eigenvalue weighted by atomic mass is 9.87. The maximum Gasteiger partial charge on any atom is 0.274 e. The Kier molecular flexibility index (Phi) is 5.55. The highest BCUT2D eigenvalue weighted by atomic mass is 16.2. The zero-order valence-corrected chi connectivity index (χ0v) is 16.0. The van der Waals surface area contributed by atoms with Crippen molar-refractivity contribution in [2.45, 2.75) is 51.9 Å². The predicted molar refractivity (Wildman–Crippen MR) is 105 cm³/mol. The van der Waals surface area contributed by atoms with Crippen molar-refractivity contribution in [3.8, 4) is 0 Å². The molecule has 5 nitrogen and oxygen atoms in total. The summed E-state index contributed by atoms with van der Waals surface area (Å²) < 4.78 is 0. The molecule has 2 heterocycles. The second kappa shape index (κ2) is 7.85. The Morgan fingerprint density at radius 2 is 1.58 bits per heavy atom. The third-order valence-electron chi connectivity index (χ3n) is 4.80. The van der Waals surface area contributed by atoms with Gasteiger partial charge in [-0.1, -0.05) is 45.7 Å². The van der Waals surface area contributed by atoms with Crippen molar-refractivity contribution in [1.82, 2.24) is 15.1 Å². The van der Waals surface area contributed by atoms with Gasteiger partial charge in [-0.2, -0.15) is 0 Å². The number of carbonyl (C=O) groups excluding carboxylic acids is 1. The summed E-state index contributed by atoms with van der Waals surface area (Å²) in [5.41, 5.74) is 2.79. The van der Waals surface area contributed by atoms with Crippen LogP contribution in [0.4, 0.5) is 11.5 Å². The Hall–Kier alpha value is -2.43. The minimum atomic E-state index is -0.0134. The molecule has 0 aliphatic carbocycles. The van der Waals surface area contributed by atoms with Crippen molar-refractivity contribution >= 4 is 17.4 Å². The van der Waals surface area contributed by atoms with Crippen molar-refractivity contribution < 1.29 is 4.79 Å². The van der Waals surface area contributed by atoms with Crippen LogP contribution >= 0.6 is 0 Å². The number of nitrogens with zero attached hydrogens (tertiary/aromatic N) is 3. The number of hydrogen-bond acceptors (Lipinski definition) is 4. The average molecular weight is 352 g/mol. The SMILES string of the molecule is CC(C)(C)c1ccc(Nc2ccc(C(=O)N3CCCCCC3)nn2)cc1. The highest BCUT2D eigenvalue weighted by Gasteiger charge is 2.19. The molecule has 1 fully saturated rings. The molecule has 138 valence electrons. The molecule has 1 aliphatic rings. The number of benzene rings is 1. The van der Waals surface area contributed by atoms with Crippen LogP contribution in [0.2, 0.25) is 0 Å². The van der Waals surface area contributed by atoms with Gasteiger partial charge in [0.1, 0.15) is 0 Å². The maximum atomic E-state index is 12.6. The molecule has 3 rings (SSSR count). The first-order chi connectivity index (χ1) is 12.4. The van der Waals surface area contributed by atoms with Crippen molar-refractivity contribution in [2.24, 2.45) is 0 Å². The number of rotatable bonds is 3. The van der Waals surface area contributed by atoms with Gasteiger partial charge in [0.25, 0.3) is 5.91 Å². The summed E-state index contributed by atoms with van der Waals surface area (Å²) in [4.78, 5) is 14.5. The third-order valence-corrected chi connectivity index (χ3v) is 4.80. The minimum Gasteiger partial charge on any atom is -0.339 e. The van der Waals surface area contributed by atoms with Crippen LogP contribution < -0.4 is 5.32 Å². The fourth-order valence-electron chi connectivity index (χ4n) is 3.15. The molecular formula is C21H28N4O. The van der Waals surface area contributed by atoms with Gasteiger partial charge < -0.3 is 10.2 Å². The zero-order valence-electron chi connectivity index (χ0n) is 16.0. The monoisotopic (exact) mass is 352 g/mol. The minimum absolute atomic E-state index is 0.0134. The molecule has 2 aromatic rings. The van der Waals surface area contributed by atoms with Crippen molar-refractivity contribution in [2.75, 3.05) is 18.4 Å². The molecule has 0 radical (unpaired) electrons. The predicted octanol–water partition coefficient (Wildman–Crippen LogP) is 4.53. The standard InChI is InChI=1S/C21H28N4O/c1-21(2,3)16-8-10-17(11-9-16)22-19-13-12-18(23-24-19)20(26)25-14-6-4-5-7-15-25/h8-13H,4-7,14-15H2,1-3H3,(H,22,24). The Bertz CT molecular complexity index is 724. The van der Waals surface area contributed by atoms with Crippen molar-refractivity contribution in [3.05, 3.63) is 47.7 Å². The van der Waals surface area contributed by atoms with Crippen molar-refractivity contribution in [3.63, 3.8) is 0 Å². The first-order valence-electron chi connectivity index (χ1n) is 9.44. The normalized spacial score (nSPS) is 15.4. The second-order valence-corrected chi connectivity index (χ2v) is 7.96. The molecule has 1 aromatic heterocycles. The largest absolute Gasteiger partial charge is 0.339 e.